The van der Waals surface area contributed by atoms with Gasteiger partial charge >= 0.3 is 0 Å². The average molecular weight is 244 g/mol. The second-order valence-corrected chi connectivity index (χ2v) is 4.52. The van der Waals surface area contributed by atoms with E-state index in [1.54, 1.807) is 12.1 Å². The Kier molecular flexibility index (Phi) is 4.08. The van der Waals surface area contributed by atoms with E-state index in [1.165, 1.54) is 6.20 Å². The van der Waals surface area contributed by atoms with Gasteiger partial charge < -0.3 is 4.90 Å². The zero-order chi connectivity index (χ0) is 12.2. The van der Waals surface area contributed by atoms with Crippen molar-refractivity contribution in [3.05, 3.63) is 18.3 Å². The Morgan fingerprint density at radius 3 is 2.38 bits per heavy atom. The Morgan fingerprint density at radius 1 is 1.38 bits per heavy atom. The molecule has 0 spiro atoms. The van der Waals surface area contributed by atoms with Crippen LogP contribution in [0.2, 0.25) is 0 Å². The average Bonchev–Trinajstić information content (AvgIpc) is 2.20. The van der Waals surface area contributed by atoms with Gasteiger partial charge in [-0.15, -0.1) is 0 Å². The van der Waals surface area contributed by atoms with E-state index < -0.39 is 10.2 Å². The van der Waals surface area contributed by atoms with Gasteiger partial charge in [-0.25, -0.2) is 10.1 Å². The summed E-state index contributed by atoms with van der Waals surface area (Å²) < 4.78 is 23.7. The van der Waals surface area contributed by atoms with Crippen LogP contribution in [0.25, 0.3) is 0 Å². The highest BCUT2D eigenvalue weighted by molar-refractivity contribution is 7.90. The molecule has 0 aliphatic heterocycles. The van der Waals surface area contributed by atoms with Gasteiger partial charge in [-0.3, -0.25) is 4.72 Å². The lowest BCUT2D eigenvalue weighted by molar-refractivity contribution is 0.603. The van der Waals surface area contributed by atoms with Crippen molar-refractivity contribution in [2.24, 2.45) is 5.14 Å². The molecule has 0 saturated carbocycles. The van der Waals surface area contributed by atoms with Crippen LogP contribution in [0.3, 0.4) is 0 Å². The summed E-state index contributed by atoms with van der Waals surface area (Å²) in [7, 11) is -3.73. The van der Waals surface area contributed by atoms with Crippen molar-refractivity contribution in [2.45, 2.75) is 13.8 Å². The second kappa shape index (κ2) is 5.13. The number of anilines is 2. The van der Waals surface area contributed by atoms with Gasteiger partial charge in [0.25, 0.3) is 10.2 Å². The van der Waals surface area contributed by atoms with Crippen molar-refractivity contribution in [1.29, 1.82) is 0 Å². The van der Waals surface area contributed by atoms with Gasteiger partial charge in [-0.05, 0) is 26.0 Å². The lowest BCUT2D eigenvalue weighted by Gasteiger charge is -2.19. The molecule has 16 heavy (non-hydrogen) atoms. The number of nitrogens with zero attached hydrogens (tertiary/aromatic N) is 2. The van der Waals surface area contributed by atoms with E-state index in [-0.39, 0.29) is 0 Å². The maximum absolute atomic E-state index is 10.8. The van der Waals surface area contributed by atoms with Crippen molar-refractivity contribution in [3.8, 4) is 0 Å². The largest absolute Gasteiger partial charge is 0.357 e. The van der Waals surface area contributed by atoms with Gasteiger partial charge in [0.05, 0.1) is 11.9 Å². The van der Waals surface area contributed by atoms with Gasteiger partial charge in [0.2, 0.25) is 0 Å². The third kappa shape index (κ3) is 3.67. The molecule has 1 aromatic heterocycles. The third-order valence-corrected chi connectivity index (χ3v) is 2.62. The van der Waals surface area contributed by atoms with E-state index in [9.17, 15) is 8.42 Å². The molecular weight excluding hydrogens is 228 g/mol. The van der Waals surface area contributed by atoms with Crippen molar-refractivity contribution < 1.29 is 8.42 Å². The van der Waals surface area contributed by atoms with Crippen LogP contribution in [-0.2, 0) is 10.2 Å². The lowest BCUT2D eigenvalue weighted by Crippen LogP contribution is -2.24. The van der Waals surface area contributed by atoms with Crippen LogP contribution in [0.1, 0.15) is 13.8 Å². The summed E-state index contributed by atoms with van der Waals surface area (Å²) in [5, 5.41) is 4.84. The van der Waals surface area contributed by atoms with E-state index in [4.69, 9.17) is 5.14 Å². The molecular formula is C9H16N4O2S. The Labute approximate surface area is 95.7 Å². The molecule has 1 rings (SSSR count). The second-order valence-electron chi connectivity index (χ2n) is 3.22. The summed E-state index contributed by atoms with van der Waals surface area (Å²) in [5.74, 6) is 0.810. The zero-order valence-electron chi connectivity index (χ0n) is 9.34. The van der Waals surface area contributed by atoms with Crippen LogP contribution in [-0.4, -0.2) is 26.5 Å². The molecule has 0 unspecified atom stereocenters. The molecule has 0 aromatic carbocycles. The highest BCUT2D eigenvalue weighted by Crippen LogP contribution is 2.13. The zero-order valence-corrected chi connectivity index (χ0v) is 10.2. The summed E-state index contributed by atoms with van der Waals surface area (Å²) in [5.41, 5.74) is 0.360. The number of nitrogens with two attached hydrogens (primary N) is 1. The first-order valence-corrected chi connectivity index (χ1v) is 6.52. The van der Waals surface area contributed by atoms with Crippen molar-refractivity contribution in [3.63, 3.8) is 0 Å². The minimum Gasteiger partial charge on any atom is -0.357 e. The van der Waals surface area contributed by atoms with Crippen LogP contribution in [0.5, 0.6) is 0 Å². The maximum atomic E-state index is 10.8. The molecule has 0 atom stereocenters. The van der Waals surface area contributed by atoms with Gasteiger partial charge in [0.1, 0.15) is 5.82 Å². The topological polar surface area (TPSA) is 88.3 Å². The molecule has 7 heteroatoms. The molecule has 3 N–H and O–H groups in total. The quantitative estimate of drug-likeness (QED) is 0.791. The van der Waals surface area contributed by atoms with Gasteiger partial charge in [-0.1, -0.05) is 0 Å². The van der Waals surface area contributed by atoms with Crippen LogP contribution < -0.4 is 14.8 Å². The van der Waals surface area contributed by atoms with E-state index in [0.717, 1.165) is 18.9 Å². The minimum atomic E-state index is -3.73. The fraction of sp³-hybridized carbons (Fsp3) is 0.444. The fourth-order valence-corrected chi connectivity index (χ4v) is 1.79. The Hall–Kier alpha value is -1.34. The number of hydrogen-bond acceptors (Lipinski definition) is 4. The highest BCUT2D eigenvalue weighted by atomic mass is 32.2. The summed E-state index contributed by atoms with van der Waals surface area (Å²) in [6.45, 7) is 5.76. The first kappa shape index (κ1) is 12.7. The van der Waals surface area contributed by atoms with Crippen molar-refractivity contribution in [1.82, 2.24) is 4.98 Å². The van der Waals surface area contributed by atoms with E-state index in [0.29, 0.717) is 5.69 Å². The smallest absolute Gasteiger partial charge is 0.296 e. The van der Waals surface area contributed by atoms with E-state index >= 15 is 0 Å². The molecule has 90 valence electrons. The molecule has 0 amide bonds. The standard InChI is InChI=1S/C9H16N4O2S/c1-3-13(4-2)9-6-5-8(7-11-9)12-16(10,14)15/h5-7,12H,3-4H2,1-2H3,(H2,10,14,15). The number of aromatic nitrogens is 1. The molecule has 0 aliphatic rings. The van der Waals surface area contributed by atoms with Gasteiger partial charge in [0.15, 0.2) is 0 Å². The number of rotatable bonds is 5. The molecule has 0 radical (unpaired) electrons. The molecule has 0 fully saturated rings. The Balaban J connectivity index is 2.82. The van der Waals surface area contributed by atoms with Crippen molar-refractivity contribution in [2.75, 3.05) is 22.7 Å². The van der Waals surface area contributed by atoms with Crippen LogP contribution in [0, 0.1) is 0 Å². The first-order valence-electron chi connectivity index (χ1n) is 4.97. The lowest BCUT2D eigenvalue weighted by atomic mass is 10.4. The van der Waals surface area contributed by atoms with Gasteiger partial charge in [0, 0.05) is 13.1 Å². The maximum Gasteiger partial charge on any atom is 0.296 e. The first-order chi connectivity index (χ1) is 7.46. The van der Waals surface area contributed by atoms with Crippen LogP contribution in [0.4, 0.5) is 11.5 Å². The fourth-order valence-electron chi connectivity index (χ4n) is 1.35. The number of hydrogen-bond donors (Lipinski definition) is 2. The molecule has 0 aliphatic carbocycles. The number of nitrogens with one attached hydrogen (secondary N) is 1. The normalized spacial score (nSPS) is 11.2. The molecule has 1 heterocycles. The van der Waals surface area contributed by atoms with E-state index in [1.807, 2.05) is 13.8 Å². The van der Waals surface area contributed by atoms with Gasteiger partial charge in [-0.2, -0.15) is 8.42 Å². The summed E-state index contributed by atoms with van der Waals surface area (Å²) in [6.07, 6.45) is 1.44. The third-order valence-electron chi connectivity index (χ3n) is 2.10. The minimum absolute atomic E-state index is 0.360. The molecule has 0 saturated heterocycles. The van der Waals surface area contributed by atoms with Crippen LogP contribution in [0.15, 0.2) is 18.3 Å². The Bertz CT molecular complexity index is 425. The SMILES string of the molecule is CCN(CC)c1ccc(NS(N)(=O)=O)cn1. The molecule has 1 aromatic rings. The predicted molar refractivity (Wildman–Crippen MR) is 64.5 cm³/mol. The monoisotopic (exact) mass is 244 g/mol. The van der Waals surface area contributed by atoms with E-state index in [2.05, 4.69) is 14.6 Å². The summed E-state index contributed by atoms with van der Waals surface area (Å²) >= 11 is 0. The summed E-state index contributed by atoms with van der Waals surface area (Å²) in [6, 6.07) is 3.38. The Morgan fingerprint density at radius 2 is 2.00 bits per heavy atom. The number of pyridine rings is 1. The predicted octanol–water partition coefficient (Wildman–Crippen LogP) is 0.543. The van der Waals surface area contributed by atoms with Crippen molar-refractivity contribution >= 4 is 21.7 Å². The summed E-state index contributed by atoms with van der Waals surface area (Å²) in [4.78, 5) is 6.20. The molecule has 0 bridgehead atoms. The van der Waals surface area contributed by atoms with Crippen LogP contribution >= 0.6 is 0 Å². The highest BCUT2D eigenvalue weighted by Gasteiger charge is 2.05. The molecule has 6 nitrogen and oxygen atoms in total.